The molecule has 0 unspecified atom stereocenters. The number of anilines is 1. The van der Waals surface area contributed by atoms with Crippen LogP contribution in [-0.4, -0.2) is 39.6 Å². The molecule has 2 rings (SSSR count). The molecule has 0 aliphatic heterocycles. The smallest absolute Gasteiger partial charge is 0.387 e. The van der Waals surface area contributed by atoms with Gasteiger partial charge in [-0.1, -0.05) is 17.3 Å². The summed E-state index contributed by atoms with van der Waals surface area (Å²) in [7, 11) is 2.99. The van der Waals surface area contributed by atoms with Crippen LogP contribution < -0.4 is 19.5 Å². The van der Waals surface area contributed by atoms with E-state index in [1.807, 2.05) is 0 Å². The fourth-order valence-corrected chi connectivity index (χ4v) is 2.09. The molecular formula is C18H18F2N2O5. The molecule has 9 heteroatoms. The summed E-state index contributed by atoms with van der Waals surface area (Å²) in [6.45, 7) is -3.32. The molecule has 0 saturated heterocycles. The predicted molar refractivity (Wildman–Crippen MR) is 94.8 cm³/mol. The third kappa shape index (κ3) is 6.14. The summed E-state index contributed by atoms with van der Waals surface area (Å²) in [6.07, 6.45) is 1.18. The molecular weight excluding hydrogens is 362 g/mol. The zero-order valence-corrected chi connectivity index (χ0v) is 14.6. The lowest BCUT2D eigenvalue weighted by Gasteiger charge is -2.10. The second-order valence-electron chi connectivity index (χ2n) is 5.04. The minimum atomic E-state index is -2.95. The van der Waals surface area contributed by atoms with Crippen LogP contribution in [-0.2, 0) is 9.63 Å². The molecule has 0 aliphatic carbocycles. The number of rotatable bonds is 9. The van der Waals surface area contributed by atoms with Crippen LogP contribution in [0, 0.1) is 0 Å². The first kappa shape index (κ1) is 20.0. The number of carbonyl (C=O) groups is 1. The van der Waals surface area contributed by atoms with E-state index in [2.05, 4.69) is 15.2 Å². The van der Waals surface area contributed by atoms with E-state index in [0.29, 0.717) is 17.2 Å². The fraction of sp³-hybridized carbons (Fsp3) is 0.222. The monoisotopic (exact) mass is 380 g/mol. The van der Waals surface area contributed by atoms with Crippen molar-refractivity contribution in [2.24, 2.45) is 5.16 Å². The highest BCUT2D eigenvalue weighted by molar-refractivity contribution is 5.92. The molecule has 0 fully saturated rings. The molecule has 0 bridgehead atoms. The third-order valence-corrected chi connectivity index (χ3v) is 3.26. The number of hydrogen-bond donors (Lipinski definition) is 1. The van der Waals surface area contributed by atoms with Gasteiger partial charge >= 0.3 is 6.61 Å². The number of methoxy groups -OCH3 is 2. The SMILES string of the molecule is COc1ccc(NC(=O)CO/N=C\c2ccccc2OC(F)F)cc1OC. The van der Waals surface area contributed by atoms with Crippen molar-refractivity contribution in [2.75, 3.05) is 26.1 Å². The average Bonchev–Trinajstić information content (AvgIpc) is 2.65. The molecule has 0 atom stereocenters. The Bertz CT molecular complexity index is 799. The Balaban J connectivity index is 1.89. The number of amides is 1. The molecule has 0 heterocycles. The van der Waals surface area contributed by atoms with Crippen LogP contribution >= 0.6 is 0 Å². The van der Waals surface area contributed by atoms with Crippen LogP contribution in [0.3, 0.4) is 0 Å². The molecule has 1 N–H and O–H groups in total. The van der Waals surface area contributed by atoms with Gasteiger partial charge in [-0.2, -0.15) is 8.78 Å². The molecule has 2 aromatic carbocycles. The zero-order valence-electron chi connectivity index (χ0n) is 14.6. The Morgan fingerprint density at radius 2 is 1.85 bits per heavy atom. The van der Waals surface area contributed by atoms with Crippen LogP contribution in [0.4, 0.5) is 14.5 Å². The van der Waals surface area contributed by atoms with Crippen molar-refractivity contribution < 1.29 is 32.6 Å². The second-order valence-corrected chi connectivity index (χ2v) is 5.04. The van der Waals surface area contributed by atoms with Crippen molar-refractivity contribution in [3.8, 4) is 17.2 Å². The van der Waals surface area contributed by atoms with Gasteiger partial charge in [0.2, 0.25) is 0 Å². The van der Waals surface area contributed by atoms with Gasteiger partial charge in [0.15, 0.2) is 18.1 Å². The minimum Gasteiger partial charge on any atom is -0.493 e. The number of hydrogen-bond acceptors (Lipinski definition) is 6. The van der Waals surface area contributed by atoms with Crippen molar-refractivity contribution in [2.45, 2.75) is 6.61 Å². The van der Waals surface area contributed by atoms with Crippen molar-refractivity contribution in [3.63, 3.8) is 0 Å². The van der Waals surface area contributed by atoms with E-state index in [9.17, 15) is 13.6 Å². The van der Waals surface area contributed by atoms with E-state index in [-0.39, 0.29) is 17.9 Å². The maximum atomic E-state index is 12.3. The van der Waals surface area contributed by atoms with Crippen molar-refractivity contribution in [1.29, 1.82) is 0 Å². The molecule has 7 nitrogen and oxygen atoms in total. The summed E-state index contributed by atoms with van der Waals surface area (Å²) in [4.78, 5) is 16.8. The van der Waals surface area contributed by atoms with Gasteiger partial charge in [0.05, 0.1) is 20.4 Å². The van der Waals surface area contributed by atoms with E-state index in [0.717, 1.165) is 0 Å². The summed E-state index contributed by atoms with van der Waals surface area (Å²) in [6, 6.07) is 11.0. The second kappa shape index (κ2) is 9.95. The highest BCUT2D eigenvalue weighted by Crippen LogP contribution is 2.29. The summed E-state index contributed by atoms with van der Waals surface area (Å²) < 4.78 is 39.3. The van der Waals surface area contributed by atoms with Gasteiger partial charge in [0.1, 0.15) is 5.75 Å². The van der Waals surface area contributed by atoms with E-state index < -0.39 is 12.5 Å². The van der Waals surface area contributed by atoms with Gasteiger partial charge in [-0.3, -0.25) is 4.79 Å². The predicted octanol–water partition coefficient (Wildman–Crippen LogP) is 3.29. The fourth-order valence-electron chi connectivity index (χ4n) is 2.09. The number of ether oxygens (including phenoxy) is 3. The van der Waals surface area contributed by atoms with Crippen LogP contribution in [0.1, 0.15) is 5.56 Å². The van der Waals surface area contributed by atoms with Crippen LogP contribution in [0.15, 0.2) is 47.6 Å². The van der Waals surface area contributed by atoms with Gasteiger partial charge in [-0.15, -0.1) is 0 Å². The Morgan fingerprint density at radius 3 is 2.56 bits per heavy atom. The summed E-state index contributed by atoms with van der Waals surface area (Å²) in [5, 5.41) is 6.20. The summed E-state index contributed by atoms with van der Waals surface area (Å²) in [5.41, 5.74) is 0.777. The first-order valence-corrected chi connectivity index (χ1v) is 7.74. The molecule has 27 heavy (non-hydrogen) atoms. The average molecular weight is 380 g/mol. The normalized spacial score (nSPS) is 10.7. The van der Waals surface area contributed by atoms with Crippen molar-refractivity contribution >= 4 is 17.8 Å². The number of benzene rings is 2. The number of para-hydroxylation sites is 1. The molecule has 0 saturated carbocycles. The van der Waals surface area contributed by atoms with E-state index in [1.165, 1.54) is 32.6 Å². The van der Waals surface area contributed by atoms with Crippen LogP contribution in [0.5, 0.6) is 17.2 Å². The lowest BCUT2D eigenvalue weighted by Crippen LogP contribution is -2.17. The lowest BCUT2D eigenvalue weighted by atomic mass is 10.2. The first-order valence-electron chi connectivity index (χ1n) is 7.74. The van der Waals surface area contributed by atoms with Gasteiger partial charge in [0, 0.05) is 17.3 Å². The van der Waals surface area contributed by atoms with Crippen LogP contribution in [0.25, 0.3) is 0 Å². The van der Waals surface area contributed by atoms with Crippen molar-refractivity contribution in [3.05, 3.63) is 48.0 Å². The maximum Gasteiger partial charge on any atom is 0.387 e. The quantitative estimate of drug-likeness (QED) is 0.534. The number of alkyl halides is 2. The molecule has 1 amide bonds. The standard InChI is InChI=1S/C18H18F2N2O5/c1-24-15-8-7-13(9-16(15)25-2)22-17(23)11-26-21-10-12-5-3-4-6-14(12)27-18(19)20/h3-10,18H,11H2,1-2H3,(H,22,23)/b21-10-. The molecule has 0 aromatic heterocycles. The highest BCUT2D eigenvalue weighted by Gasteiger charge is 2.09. The van der Waals surface area contributed by atoms with Crippen molar-refractivity contribution in [1.82, 2.24) is 0 Å². The Hall–Kier alpha value is -3.36. The Kier molecular flexibility index (Phi) is 7.36. The largest absolute Gasteiger partial charge is 0.493 e. The summed E-state index contributed by atoms with van der Waals surface area (Å²) in [5.74, 6) is 0.483. The number of nitrogens with zero attached hydrogens (tertiary/aromatic N) is 1. The Morgan fingerprint density at radius 1 is 1.11 bits per heavy atom. The number of carbonyl (C=O) groups excluding carboxylic acids is 1. The van der Waals surface area contributed by atoms with Gasteiger partial charge in [-0.05, 0) is 24.3 Å². The van der Waals surface area contributed by atoms with E-state index in [1.54, 1.807) is 30.3 Å². The maximum absolute atomic E-state index is 12.3. The highest BCUT2D eigenvalue weighted by atomic mass is 19.3. The molecule has 2 aromatic rings. The Labute approximate surface area is 154 Å². The molecule has 0 aliphatic rings. The minimum absolute atomic E-state index is 0.0466. The van der Waals surface area contributed by atoms with Crippen LogP contribution in [0.2, 0.25) is 0 Å². The lowest BCUT2D eigenvalue weighted by molar-refractivity contribution is -0.120. The van der Waals surface area contributed by atoms with E-state index in [4.69, 9.17) is 14.3 Å². The zero-order chi connectivity index (χ0) is 19.6. The third-order valence-electron chi connectivity index (χ3n) is 3.26. The number of oxime groups is 1. The van der Waals surface area contributed by atoms with Gasteiger partial charge < -0.3 is 24.4 Å². The molecule has 144 valence electrons. The summed E-state index contributed by atoms with van der Waals surface area (Å²) >= 11 is 0. The molecule has 0 radical (unpaired) electrons. The topological polar surface area (TPSA) is 78.4 Å². The molecule has 0 spiro atoms. The number of nitrogens with one attached hydrogen (secondary N) is 1. The van der Waals surface area contributed by atoms with E-state index >= 15 is 0 Å². The first-order chi connectivity index (χ1) is 13.0. The van der Waals surface area contributed by atoms with Gasteiger partial charge in [0.25, 0.3) is 5.91 Å². The number of halogens is 2. The van der Waals surface area contributed by atoms with Gasteiger partial charge in [-0.25, -0.2) is 0 Å².